The quantitative estimate of drug-likeness (QED) is 0.629. The average molecular weight is 386 g/mol. The molecule has 0 aliphatic heterocycles. The summed E-state index contributed by atoms with van der Waals surface area (Å²) in [4.78, 5) is 10.9. The van der Waals surface area contributed by atoms with Crippen molar-refractivity contribution >= 4 is 5.97 Å². The molecule has 0 saturated carbocycles. The lowest BCUT2D eigenvalue weighted by molar-refractivity contribution is -0.136. The normalized spacial score (nSPS) is 11.2. The molecule has 0 heterocycles. The number of aryl methyl sites for hydroxylation is 2. The van der Waals surface area contributed by atoms with E-state index in [1.165, 1.54) is 5.56 Å². The third-order valence-corrected chi connectivity index (χ3v) is 4.42. The van der Waals surface area contributed by atoms with E-state index in [4.69, 9.17) is 19.3 Å². The number of carboxylic acid groups (broad SMARTS) is 1. The SMILES string of the molecule is COc1cccc(CCC(=O)O)c1OCCOc1ccc(C)cc1C(C)(C)C. The maximum atomic E-state index is 10.9. The Kier molecular flexibility index (Phi) is 7.32. The number of hydrogen-bond acceptors (Lipinski definition) is 4. The molecule has 28 heavy (non-hydrogen) atoms. The van der Waals surface area contributed by atoms with Gasteiger partial charge in [-0.2, -0.15) is 0 Å². The van der Waals surface area contributed by atoms with Crippen LogP contribution in [0.2, 0.25) is 0 Å². The van der Waals surface area contributed by atoms with E-state index >= 15 is 0 Å². The van der Waals surface area contributed by atoms with E-state index in [0.717, 1.165) is 16.9 Å². The van der Waals surface area contributed by atoms with Gasteiger partial charge in [-0.25, -0.2) is 0 Å². The molecule has 0 bridgehead atoms. The molecule has 2 aromatic carbocycles. The summed E-state index contributed by atoms with van der Waals surface area (Å²) < 4.78 is 17.3. The Morgan fingerprint density at radius 3 is 2.39 bits per heavy atom. The standard InChI is InChI=1S/C23H30O5/c1-16-9-11-19(18(15-16)23(2,3)4)27-13-14-28-22-17(10-12-21(24)25)7-6-8-20(22)26-5/h6-9,11,15H,10,12-14H2,1-5H3,(H,24,25). The van der Waals surface area contributed by atoms with E-state index in [1.54, 1.807) is 13.2 Å². The molecule has 2 rings (SSSR count). The average Bonchev–Trinajstić information content (AvgIpc) is 2.63. The van der Waals surface area contributed by atoms with Crippen molar-refractivity contribution < 1.29 is 24.1 Å². The summed E-state index contributed by atoms with van der Waals surface area (Å²) in [5, 5.41) is 8.95. The molecular weight excluding hydrogens is 356 g/mol. The Morgan fingerprint density at radius 2 is 1.75 bits per heavy atom. The number of aliphatic carboxylic acids is 1. The molecular formula is C23H30O5. The van der Waals surface area contributed by atoms with Crippen molar-refractivity contribution in [3.8, 4) is 17.2 Å². The molecule has 0 spiro atoms. The van der Waals surface area contributed by atoms with Crippen LogP contribution in [0.3, 0.4) is 0 Å². The van der Waals surface area contributed by atoms with Gasteiger partial charge >= 0.3 is 5.97 Å². The first-order chi connectivity index (χ1) is 13.2. The molecule has 0 aliphatic carbocycles. The molecule has 0 unspecified atom stereocenters. The second-order valence-corrected chi connectivity index (χ2v) is 7.79. The molecule has 2 aromatic rings. The summed E-state index contributed by atoms with van der Waals surface area (Å²) in [5.74, 6) is 1.18. The van der Waals surface area contributed by atoms with Crippen LogP contribution in [-0.2, 0) is 16.6 Å². The molecule has 1 N–H and O–H groups in total. The number of para-hydroxylation sites is 1. The molecule has 5 nitrogen and oxygen atoms in total. The van der Waals surface area contributed by atoms with E-state index in [9.17, 15) is 4.79 Å². The van der Waals surface area contributed by atoms with Gasteiger partial charge in [-0.3, -0.25) is 4.79 Å². The van der Waals surface area contributed by atoms with Gasteiger partial charge in [0.1, 0.15) is 19.0 Å². The van der Waals surface area contributed by atoms with E-state index in [0.29, 0.717) is 31.1 Å². The summed E-state index contributed by atoms with van der Waals surface area (Å²) in [6.07, 6.45) is 0.424. The minimum atomic E-state index is -0.841. The molecule has 5 heteroatoms. The molecule has 0 amide bonds. The predicted octanol–water partition coefficient (Wildman–Crippen LogP) is 4.78. The lowest BCUT2D eigenvalue weighted by Crippen LogP contribution is -2.16. The predicted molar refractivity (Wildman–Crippen MR) is 110 cm³/mol. The van der Waals surface area contributed by atoms with Crippen LogP contribution in [0.1, 0.15) is 43.9 Å². The van der Waals surface area contributed by atoms with Gasteiger partial charge < -0.3 is 19.3 Å². The second kappa shape index (κ2) is 9.49. The highest BCUT2D eigenvalue weighted by atomic mass is 16.5. The number of carboxylic acids is 1. The number of carbonyl (C=O) groups is 1. The Morgan fingerprint density at radius 1 is 1.04 bits per heavy atom. The topological polar surface area (TPSA) is 65.0 Å². The molecule has 0 aromatic heterocycles. The van der Waals surface area contributed by atoms with Gasteiger partial charge in [-0.1, -0.05) is 50.6 Å². The monoisotopic (exact) mass is 386 g/mol. The third kappa shape index (κ3) is 5.91. The highest BCUT2D eigenvalue weighted by molar-refractivity contribution is 5.67. The van der Waals surface area contributed by atoms with Gasteiger partial charge in [0.25, 0.3) is 0 Å². The first-order valence-corrected chi connectivity index (χ1v) is 9.46. The highest BCUT2D eigenvalue weighted by Gasteiger charge is 2.19. The van der Waals surface area contributed by atoms with Gasteiger partial charge in [0.2, 0.25) is 0 Å². The summed E-state index contributed by atoms with van der Waals surface area (Å²) in [5.41, 5.74) is 3.15. The van der Waals surface area contributed by atoms with Crippen LogP contribution >= 0.6 is 0 Å². The van der Waals surface area contributed by atoms with Crippen molar-refractivity contribution in [2.24, 2.45) is 0 Å². The first kappa shape index (κ1) is 21.6. The Hall–Kier alpha value is -2.69. The maximum Gasteiger partial charge on any atom is 0.303 e. The minimum Gasteiger partial charge on any atom is -0.493 e. The zero-order valence-corrected chi connectivity index (χ0v) is 17.4. The molecule has 0 atom stereocenters. The smallest absolute Gasteiger partial charge is 0.303 e. The van der Waals surface area contributed by atoms with E-state index in [2.05, 4.69) is 33.8 Å². The van der Waals surface area contributed by atoms with Crippen LogP contribution in [0.15, 0.2) is 36.4 Å². The van der Waals surface area contributed by atoms with Gasteiger partial charge in [0.05, 0.1) is 7.11 Å². The van der Waals surface area contributed by atoms with E-state index in [1.807, 2.05) is 24.3 Å². The molecule has 0 saturated heterocycles. The maximum absolute atomic E-state index is 10.9. The van der Waals surface area contributed by atoms with E-state index in [-0.39, 0.29) is 11.8 Å². The number of methoxy groups -OCH3 is 1. The highest BCUT2D eigenvalue weighted by Crippen LogP contribution is 2.33. The van der Waals surface area contributed by atoms with Gasteiger partial charge in [0.15, 0.2) is 11.5 Å². The second-order valence-electron chi connectivity index (χ2n) is 7.79. The van der Waals surface area contributed by atoms with Crippen LogP contribution in [0.4, 0.5) is 0 Å². The van der Waals surface area contributed by atoms with Crippen molar-refractivity contribution in [1.82, 2.24) is 0 Å². The molecule has 0 radical (unpaired) electrons. The van der Waals surface area contributed by atoms with Crippen molar-refractivity contribution in [3.63, 3.8) is 0 Å². The van der Waals surface area contributed by atoms with Crippen LogP contribution in [0, 0.1) is 6.92 Å². The molecule has 0 fully saturated rings. The van der Waals surface area contributed by atoms with Gasteiger partial charge in [0, 0.05) is 6.42 Å². The Bertz CT molecular complexity index is 805. The van der Waals surface area contributed by atoms with Crippen molar-refractivity contribution in [2.75, 3.05) is 20.3 Å². The summed E-state index contributed by atoms with van der Waals surface area (Å²) in [7, 11) is 1.57. The zero-order chi connectivity index (χ0) is 20.7. The van der Waals surface area contributed by atoms with Crippen LogP contribution in [0.5, 0.6) is 17.2 Å². The summed E-state index contributed by atoms with van der Waals surface area (Å²) in [6.45, 7) is 9.26. The van der Waals surface area contributed by atoms with Crippen LogP contribution < -0.4 is 14.2 Å². The summed E-state index contributed by atoms with van der Waals surface area (Å²) in [6, 6.07) is 11.7. The largest absolute Gasteiger partial charge is 0.493 e. The van der Waals surface area contributed by atoms with Gasteiger partial charge in [-0.15, -0.1) is 0 Å². The fourth-order valence-electron chi connectivity index (χ4n) is 2.98. The molecule has 0 aliphatic rings. The fourth-order valence-corrected chi connectivity index (χ4v) is 2.98. The number of rotatable bonds is 9. The Labute approximate surface area is 167 Å². The number of ether oxygens (including phenoxy) is 3. The van der Waals surface area contributed by atoms with Crippen LogP contribution in [-0.4, -0.2) is 31.4 Å². The van der Waals surface area contributed by atoms with Crippen molar-refractivity contribution in [3.05, 3.63) is 53.1 Å². The fraction of sp³-hybridized carbons (Fsp3) is 0.435. The van der Waals surface area contributed by atoms with Crippen LogP contribution in [0.25, 0.3) is 0 Å². The zero-order valence-electron chi connectivity index (χ0n) is 17.4. The molecule has 152 valence electrons. The van der Waals surface area contributed by atoms with Crippen molar-refractivity contribution in [2.45, 2.75) is 46.0 Å². The number of benzene rings is 2. The minimum absolute atomic E-state index is 0.0190. The summed E-state index contributed by atoms with van der Waals surface area (Å²) >= 11 is 0. The van der Waals surface area contributed by atoms with Gasteiger partial charge in [-0.05, 0) is 42.0 Å². The lowest BCUT2D eigenvalue weighted by Gasteiger charge is -2.23. The van der Waals surface area contributed by atoms with Crippen molar-refractivity contribution in [1.29, 1.82) is 0 Å². The first-order valence-electron chi connectivity index (χ1n) is 9.46. The van der Waals surface area contributed by atoms with E-state index < -0.39 is 5.97 Å². The third-order valence-electron chi connectivity index (χ3n) is 4.42. The number of hydrogen-bond donors (Lipinski definition) is 1. The lowest BCUT2D eigenvalue weighted by atomic mass is 9.85. The Balaban J connectivity index is 2.05.